The van der Waals surface area contributed by atoms with Gasteiger partial charge in [0.1, 0.15) is 6.29 Å². The predicted molar refractivity (Wildman–Crippen MR) is 123 cm³/mol. The van der Waals surface area contributed by atoms with E-state index in [9.17, 15) is 9.59 Å². The number of benzene rings is 3. The number of aromatic nitrogens is 1. The number of amides is 1. The highest BCUT2D eigenvalue weighted by atomic mass is 16.2. The average Bonchev–Trinajstić information content (AvgIpc) is 3.21. The van der Waals surface area contributed by atoms with E-state index in [-0.39, 0.29) is 11.9 Å². The number of hydrogen-bond acceptors (Lipinski definition) is 2. The van der Waals surface area contributed by atoms with Crippen LogP contribution in [-0.2, 0) is 11.2 Å². The summed E-state index contributed by atoms with van der Waals surface area (Å²) in [5.74, 6) is -0.0300. The number of rotatable bonds is 4. The maximum Gasteiger partial charge on any atom is 0.247 e. The zero-order chi connectivity index (χ0) is 21.2. The highest BCUT2D eigenvalue weighted by Crippen LogP contribution is 2.38. The smallest absolute Gasteiger partial charge is 0.247 e. The quantitative estimate of drug-likeness (QED) is 0.376. The van der Waals surface area contributed by atoms with Crippen molar-refractivity contribution in [1.82, 2.24) is 9.88 Å². The number of para-hydroxylation sites is 1. The Morgan fingerprint density at radius 2 is 1.61 bits per heavy atom. The summed E-state index contributed by atoms with van der Waals surface area (Å²) in [5.41, 5.74) is 6.09. The molecule has 4 nitrogen and oxygen atoms in total. The molecule has 0 radical (unpaired) electrons. The Morgan fingerprint density at radius 3 is 2.39 bits per heavy atom. The lowest BCUT2D eigenvalue weighted by atomic mass is 9.92. The summed E-state index contributed by atoms with van der Waals surface area (Å²) < 4.78 is 0. The van der Waals surface area contributed by atoms with Gasteiger partial charge in [0.15, 0.2) is 0 Å². The van der Waals surface area contributed by atoms with Crippen LogP contribution in [0.25, 0.3) is 17.0 Å². The molecule has 2 heterocycles. The largest absolute Gasteiger partial charge is 0.356 e. The van der Waals surface area contributed by atoms with Gasteiger partial charge in [-0.25, -0.2) is 0 Å². The number of carbonyl (C=O) groups is 2. The molecule has 0 saturated heterocycles. The third-order valence-corrected chi connectivity index (χ3v) is 5.92. The summed E-state index contributed by atoms with van der Waals surface area (Å²) in [4.78, 5) is 29.6. The van der Waals surface area contributed by atoms with Crippen LogP contribution in [0.5, 0.6) is 0 Å². The van der Waals surface area contributed by atoms with Crippen LogP contribution in [0.4, 0.5) is 0 Å². The lowest BCUT2D eigenvalue weighted by molar-refractivity contribution is -0.128. The van der Waals surface area contributed by atoms with Crippen molar-refractivity contribution < 1.29 is 9.59 Å². The summed E-state index contributed by atoms with van der Waals surface area (Å²) in [6.07, 6.45) is 5.06. The van der Waals surface area contributed by atoms with E-state index in [0.717, 1.165) is 35.0 Å². The monoisotopic (exact) mass is 406 g/mol. The van der Waals surface area contributed by atoms with Gasteiger partial charge in [0.2, 0.25) is 5.91 Å². The van der Waals surface area contributed by atoms with Crippen molar-refractivity contribution in [3.05, 3.63) is 113 Å². The van der Waals surface area contributed by atoms with Gasteiger partial charge < -0.3 is 9.88 Å². The van der Waals surface area contributed by atoms with Crippen molar-refractivity contribution in [3.63, 3.8) is 0 Å². The summed E-state index contributed by atoms with van der Waals surface area (Å²) >= 11 is 0. The fourth-order valence-corrected chi connectivity index (χ4v) is 4.41. The van der Waals surface area contributed by atoms with E-state index in [2.05, 4.69) is 35.3 Å². The van der Waals surface area contributed by atoms with E-state index >= 15 is 0 Å². The molecule has 1 amide bonds. The van der Waals surface area contributed by atoms with Crippen LogP contribution < -0.4 is 0 Å². The van der Waals surface area contributed by atoms with E-state index in [4.69, 9.17) is 0 Å². The van der Waals surface area contributed by atoms with Gasteiger partial charge in [-0.3, -0.25) is 9.59 Å². The summed E-state index contributed by atoms with van der Waals surface area (Å²) in [5, 5.41) is 1.23. The molecule has 3 aromatic carbocycles. The Balaban J connectivity index is 1.51. The molecular weight excluding hydrogens is 384 g/mol. The van der Waals surface area contributed by atoms with Gasteiger partial charge >= 0.3 is 0 Å². The fraction of sp³-hybridized carbons (Fsp3) is 0.111. The maximum absolute atomic E-state index is 13.3. The SMILES string of the molecule is O=Cc1ccc(C=CC(=O)N2CCc3c([nH]c4ccccc34)C2c2ccccc2)cc1. The highest BCUT2D eigenvalue weighted by Gasteiger charge is 2.33. The molecule has 1 aromatic heterocycles. The van der Waals surface area contributed by atoms with Crippen LogP contribution in [0.1, 0.15) is 38.8 Å². The van der Waals surface area contributed by atoms with Crippen molar-refractivity contribution in [1.29, 1.82) is 0 Å². The number of aldehydes is 1. The van der Waals surface area contributed by atoms with E-state index in [1.165, 1.54) is 10.9 Å². The van der Waals surface area contributed by atoms with Crippen LogP contribution in [0.3, 0.4) is 0 Å². The van der Waals surface area contributed by atoms with E-state index in [1.54, 1.807) is 24.3 Å². The van der Waals surface area contributed by atoms with Gasteiger partial charge in [-0.2, -0.15) is 0 Å². The van der Waals surface area contributed by atoms with Gasteiger partial charge in [-0.15, -0.1) is 0 Å². The summed E-state index contributed by atoms with van der Waals surface area (Å²) in [7, 11) is 0. The van der Waals surface area contributed by atoms with Crippen LogP contribution in [0.2, 0.25) is 0 Å². The van der Waals surface area contributed by atoms with E-state index in [0.29, 0.717) is 12.1 Å². The molecule has 4 heteroatoms. The number of carbonyl (C=O) groups excluding carboxylic acids is 2. The Kier molecular flexibility index (Phi) is 4.97. The normalized spacial score (nSPS) is 15.9. The Morgan fingerprint density at radius 1 is 0.903 bits per heavy atom. The molecule has 1 atom stereocenters. The van der Waals surface area contributed by atoms with Crippen molar-refractivity contribution in [2.75, 3.05) is 6.54 Å². The first-order chi connectivity index (χ1) is 15.2. The van der Waals surface area contributed by atoms with E-state index < -0.39 is 0 Å². The molecule has 1 aliphatic heterocycles. The van der Waals surface area contributed by atoms with Crippen LogP contribution in [0.15, 0.2) is 84.9 Å². The zero-order valence-corrected chi connectivity index (χ0v) is 17.0. The van der Waals surface area contributed by atoms with Gasteiger partial charge in [-0.1, -0.05) is 72.8 Å². The molecule has 0 fully saturated rings. The first kappa shape index (κ1) is 19.1. The number of hydrogen-bond donors (Lipinski definition) is 1. The van der Waals surface area contributed by atoms with Crippen LogP contribution in [-0.4, -0.2) is 28.6 Å². The third kappa shape index (κ3) is 3.57. The molecule has 0 bridgehead atoms. The van der Waals surface area contributed by atoms with Gasteiger partial charge in [-0.05, 0) is 35.3 Å². The predicted octanol–water partition coefficient (Wildman–Crippen LogP) is 5.17. The van der Waals surface area contributed by atoms with Crippen molar-refractivity contribution in [2.24, 2.45) is 0 Å². The second kappa shape index (κ2) is 8.07. The van der Waals surface area contributed by atoms with E-state index in [1.807, 2.05) is 41.3 Å². The molecule has 0 saturated carbocycles. The maximum atomic E-state index is 13.3. The van der Waals surface area contributed by atoms with Crippen molar-refractivity contribution in [2.45, 2.75) is 12.5 Å². The highest BCUT2D eigenvalue weighted by molar-refractivity contribution is 5.93. The molecule has 1 N–H and O–H groups in total. The first-order valence-electron chi connectivity index (χ1n) is 10.4. The minimum absolute atomic E-state index is 0.0300. The molecule has 0 aliphatic carbocycles. The lowest BCUT2D eigenvalue weighted by Gasteiger charge is -2.35. The molecule has 152 valence electrons. The number of H-pyrrole nitrogens is 1. The Hall–Kier alpha value is -3.92. The Labute approximate surface area is 180 Å². The average molecular weight is 406 g/mol. The van der Waals surface area contributed by atoms with Gasteiger partial charge in [0.05, 0.1) is 6.04 Å². The molecule has 31 heavy (non-hydrogen) atoms. The number of aromatic amines is 1. The standard InChI is InChI=1S/C27H22N2O2/c30-18-20-12-10-19(11-13-20)14-15-25(31)29-17-16-23-22-8-4-5-9-24(22)28-26(23)27(29)21-6-2-1-3-7-21/h1-15,18,27-28H,16-17H2. The minimum Gasteiger partial charge on any atom is -0.356 e. The van der Waals surface area contributed by atoms with Crippen LogP contribution in [0, 0.1) is 0 Å². The van der Waals surface area contributed by atoms with Crippen molar-refractivity contribution >= 4 is 29.2 Å². The first-order valence-corrected chi connectivity index (χ1v) is 10.4. The topological polar surface area (TPSA) is 53.2 Å². The molecular formula is C27H22N2O2. The number of nitrogens with zero attached hydrogens (tertiary/aromatic N) is 1. The molecule has 0 spiro atoms. The molecule has 1 unspecified atom stereocenters. The minimum atomic E-state index is -0.160. The molecule has 5 rings (SSSR count). The Bertz CT molecular complexity index is 1270. The van der Waals surface area contributed by atoms with Gasteiger partial charge in [0, 0.05) is 34.8 Å². The zero-order valence-electron chi connectivity index (χ0n) is 17.0. The second-order valence-electron chi connectivity index (χ2n) is 7.78. The lowest BCUT2D eigenvalue weighted by Crippen LogP contribution is -2.39. The van der Waals surface area contributed by atoms with Gasteiger partial charge in [0.25, 0.3) is 0 Å². The second-order valence-corrected chi connectivity index (χ2v) is 7.78. The summed E-state index contributed by atoms with van der Waals surface area (Å²) in [6.45, 7) is 0.654. The number of fused-ring (bicyclic) bond motifs is 3. The third-order valence-electron chi connectivity index (χ3n) is 5.92. The molecule has 1 aliphatic rings. The summed E-state index contributed by atoms with van der Waals surface area (Å²) in [6, 6.07) is 25.5. The van der Waals surface area contributed by atoms with Crippen LogP contribution >= 0.6 is 0 Å². The van der Waals surface area contributed by atoms with Crippen molar-refractivity contribution in [3.8, 4) is 0 Å². The fourth-order valence-electron chi connectivity index (χ4n) is 4.41. The molecule has 4 aromatic rings. The number of nitrogens with one attached hydrogen (secondary N) is 1.